The average molecular weight is 227 g/mol. The van der Waals surface area contributed by atoms with Crippen molar-refractivity contribution < 1.29 is 9.21 Å². The SMILES string of the molecule is Cc1ccc2oc3c(C=O)ccc(=O)n3c2c1. The van der Waals surface area contributed by atoms with Crippen LogP contribution in [0.25, 0.3) is 16.8 Å². The van der Waals surface area contributed by atoms with Gasteiger partial charge >= 0.3 is 0 Å². The summed E-state index contributed by atoms with van der Waals surface area (Å²) in [4.78, 5) is 22.7. The molecular weight excluding hydrogens is 218 g/mol. The van der Waals surface area contributed by atoms with E-state index in [2.05, 4.69) is 0 Å². The van der Waals surface area contributed by atoms with Crippen LogP contribution < -0.4 is 5.56 Å². The topological polar surface area (TPSA) is 51.7 Å². The first-order valence-corrected chi connectivity index (χ1v) is 5.21. The minimum Gasteiger partial charge on any atom is -0.437 e. The summed E-state index contributed by atoms with van der Waals surface area (Å²) < 4.78 is 6.96. The molecule has 0 spiro atoms. The first kappa shape index (κ1) is 9.84. The summed E-state index contributed by atoms with van der Waals surface area (Å²) in [6.45, 7) is 1.94. The highest BCUT2D eigenvalue weighted by Crippen LogP contribution is 2.21. The summed E-state index contributed by atoms with van der Waals surface area (Å²) in [6, 6.07) is 8.40. The van der Waals surface area contributed by atoms with Crippen LogP contribution in [0.2, 0.25) is 0 Å². The molecule has 3 aromatic rings. The number of aldehydes is 1. The molecule has 0 fully saturated rings. The number of aromatic nitrogens is 1. The molecular formula is C13H9NO3. The van der Waals surface area contributed by atoms with Gasteiger partial charge in [-0.3, -0.25) is 9.59 Å². The molecule has 1 aromatic carbocycles. The largest absolute Gasteiger partial charge is 0.437 e. The van der Waals surface area contributed by atoms with Gasteiger partial charge in [0.05, 0.1) is 11.1 Å². The lowest BCUT2D eigenvalue weighted by Crippen LogP contribution is -2.11. The molecule has 0 unspecified atom stereocenters. The zero-order valence-corrected chi connectivity index (χ0v) is 9.14. The maximum absolute atomic E-state index is 11.8. The first-order valence-electron chi connectivity index (χ1n) is 5.21. The monoisotopic (exact) mass is 227 g/mol. The maximum Gasteiger partial charge on any atom is 0.258 e. The normalized spacial score (nSPS) is 11.1. The summed E-state index contributed by atoms with van der Waals surface area (Å²) in [7, 11) is 0. The highest BCUT2D eigenvalue weighted by molar-refractivity contribution is 5.87. The molecule has 84 valence electrons. The Morgan fingerprint density at radius 1 is 1.24 bits per heavy atom. The van der Waals surface area contributed by atoms with Gasteiger partial charge in [-0.1, -0.05) is 6.07 Å². The molecule has 17 heavy (non-hydrogen) atoms. The Hall–Kier alpha value is -2.36. The third-order valence-electron chi connectivity index (χ3n) is 2.76. The molecule has 0 aliphatic rings. The lowest BCUT2D eigenvalue weighted by molar-refractivity contribution is 0.112. The van der Waals surface area contributed by atoms with Crippen molar-refractivity contribution in [2.75, 3.05) is 0 Å². The maximum atomic E-state index is 11.8. The van der Waals surface area contributed by atoms with Crippen molar-refractivity contribution in [2.45, 2.75) is 6.92 Å². The Bertz CT molecular complexity index is 795. The van der Waals surface area contributed by atoms with E-state index in [-0.39, 0.29) is 5.56 Å². The van der Waals surface area contributed by atoms with Gasteiger partial charge in [0.1, 0.15) is 0 Å². The van der Waals surface area contributed by atoms with Gasteiger partial charge in [0.25, 0.3) is 5.56 Å². The first-order chi connectivity index (χ1) is 8.20. The van der Waals surface area contributed by atoms with E-state index in [1.165, 1.54) is 16.5 Å². The zero-order valence-electron chi connectivity index (χ0n) is 9.14. The summed E-state index contributed by atoms with van der Waals surface area (Å²) in [5.41, 5.74) is 2.79. The zero-order chi connectivity index (χ0) is 12.0. The fourth-order valence-corrected chi connectivity index (χ4v) is 1.95. The summed E-state index contributed by atoms with van der Waals surface area (Å²) >= 11 is 0. The molecule has 0 radical (unpaired) electrons. The number of carbonyl (C=O) groups is 1. The highest BCUT2D eigenvalue weighted by atomic mass is 16.3. The van der Waals surface area contributed by atoms with Crippen molar-refractivity contribution in [3.8, 4) is 0 Å². The van der Waals surface area contributed by atoms with E-state index in [1.54, 1.807) is 6.07 Å². The molecule has 4 nitrogen and oxygen atoms in total. The smallest absolute Gasteiger partial charge is 0.258 e. The minimum absolute atomic E-state index is 0.199. The Balaban J connectivity index is 2.65. The van der Waals surface area contributed by atoms with Crippen molar-refractivity contribution in [1.29, 1.82) is 0 Å². The van der Waals surface area contributed by atoms with E-state index in [1.807, 2.05) is 19.1 Å². The van der Waals surface area contributed by atoms with Crippen molar-refractivity contribution in [2.24, 2.45) is 0 Å². The van der Waals surface area contributed by atoms with Gasteiger partial charge in [0, 0.05) is 6.07 Å². The number of fused-ring (bicyclic) bond motifs is 3. The van der Waals surface area contributed by atoms with Crippen molar-refractivity contribution in [1.82, 2.24) is 4.40 Å². The number of nitrogens with zero attached hydrogens (tertiary/aromatic N) is 1. The van der Waals surface area contributed by atoms with Crippen LogP contribution in [0.4, 0.5) is 0 Å². The molecule has 0 saturated heterocycles. The third kappa shape index (κ3) is 1.30. The molecule has 4 heteroatoms. The number of benzene rings is 1. The molecule has 0 aliphatic carbocycles. The number of hydrogen-bond donors (Lipinski definition) is 0. The van der Waals surface area contributed by atoms with Gasteiger partial charge in [-0.2, -0.15) is 0 Å². The Morgan fingerprint density at radius 2 is 2.06 bits per heavy atom. The number of aryl methyl sites for hydroxylation is 1. The number of hydrogen-bond acceptors (Lipinski definition) is 3. The van der Waals surface area contributed by atoms with E-state index in [4.69, 9.17) is 4.42 Å². The quantitative estimate of drug-likeness (QED) is 0.598. The summed E-state index contributed by atoms with van der Waals surface area (Å²) in [6.07, 6.45) is 0.685. The number of oxazole rings is 1. The fraction of sp³-hybridized carbons (Fsp3) is 0.0769. The van der Waals surface area contributed by atoms with E-state index >= 15 is 0 Å². The van der Waals surface area contributed by atoms with Gasteiger partial charge in [-0.05, 0) is 30.7 Å². The van der Waals surface area contributed by atoms with Crippen LogP contribution in [0.1, 0.15) is 15.9 Å². The van der Waals surface area contributed by atoms with E-state index in [9.17, 15) is 9.59 Å². The van der Waals surface area contributed by atoms with Crippen molar-refractivity contribution in [3.05, 3.63) is 51.8 Å². The molecule has 0 N–H and O–H groups in total. The average Bonchev–Trinajstić information content (AvgIpc) is 2.69. The molecule has 0 atom stereocenters. The molecule has 0 aliphatic heterocycles. The van der Waals surface area contributed by atoms with Crippen LogP contribution in [0.3, 0.4) is 0 Å². The van der Waals surface area contributed by atoms with Crippen LogP contribution in [0, 0.1) is 6.92 Å². The van der Waals surface area contributed by atoms with Crippen LogP contribution >= 0.6 is 0 Å². The van der Waals surface area contributed by atoms with Crippen LogP contribution in [-0.4, -0.2) is 10.7 Å². The predicted octanol–water partition coefficient (Wildman–Crippen LogP) is 2.17. The molecule has 2 aromatic heterocycles. The van der Waals surface area contributed by atoms with Crippen LogP contribution in [0.15, 0.2) is 39.5 Å². The van der Waals surface area contributed by atoms with Gasteiger partial charge in [-0.25, -0.2) is 4.40 Å². The number of carbonyl (C=O) groups excluding carboxylic acids is 1. The van der Waals surface area contributed by atoms with Gasteiger partial charge in [0.2, 0.25) is 5.71 Å². The van der Waals surface area contributed by atoms with Crippen molar-refractivity contribution >= 4 is 23.1 Å². The lowest BCUT2D eigenvalue weighted by atomic mass is 10.2. The Morgan fingerprint density at radius 3 is 2.82 bits per heavy atom. The summed E-state index contributed by atoms with van der Waals surface area (Å²) in [5, 5.41) is 0. The minimum atomic E-state index is -0.199. The molecule has 0 saturated carbocycles. The molecule has 3 rings (SSSR count). The van der Waals surface area contributed by atoms with Gasteiger partial charge in [-0.15, -0.1) is 0 Å². The predicted molar refractivity (Wildman–Crippen MR) is 63.6 cm³/mol. The Kier molecular flexibility index (Phi) is 1.92. The van der Waals surface area contributed by atoms with E-state index in [0.717, 1.165) is 5.56 Å². The molecule has 0 bridgehead atoms. The fourth-order valence-electron chi connectivity index (χ4n) is 1.95. The second-order valence-electron chi connectivity index (χ2n) is 3.96. The second-order valence-corrected chi connectivity index (χ2v) is 3.96. The number of rotatable bonds is 1. The van der Waals surface area contributed by atoms with Gasteiger partial charge in [0.15, 0.2) is 11.9 Å². The standard InChI is InChI=1S/C13H9NO3/c1-8-2-4-11-10(6-8)14-12(16)5-3-9(7-15)13(14)17-11/h2-7H,1H3. The third-order valence-corrected chi connectivity index (χ3v) is 2.76. The summed E-state index contributed by atoms with van der Waals surface area (Å²) in [5.74, 6) is 0. The Labute approximate surface area is 96.1 Å². The van der Waals surface area contributed by atoms with Gasteiger partial charge < -0.3 is 4.42 Å². The van der Waals surface area contributed by atoms with E-state index < -0.39 is 0 Å². The van der Waals surface area contributed by atoms with E-state index in [0.29, 0.717) is 28.7 Å². The molecule has 2 heterocycles. The van der Waals surface area contributed by atoms with Crippen LogP contribution in [0.5, 0.6) is 0 Å². The van der Waals surface area contributed by atoms with Crippen LogP contribution in [-0.2, 0) is 0 Å². The number of pyridine rings is 1. The highest BCUT2D eigenvalue weighted by Gasteiger charge is 2.11. The van der Waals surface area contributed by atoms with Crippen molar-refractivity contribution in [3.63, 3.8) is 0 Å². The molecule has 0 amide bonds. The second kappa shape index (κ2) is 3.31. The lowest BCUT2D eigenvalue weighted by Gasteiger charge is -1.94.